The fourth-order valence-corrected chi connectivity index (χ4v) is 3.07. The predicted octanol–water partition coefficient (Wildman–Crippen LogP) is 1.00. The van der Waals surface area contributed by atoms with Gasteiger partial charge in [-0.05, 0) is 35.0 Å². The van der Waals surface area contributed by atoms with E-state index in [1.165, 1.54) is 16.5 Å². The minimum absolute atomic E-state index is 0.0623. The number of benzene rings is 1. The van der Waals surface area contributed by atoms with Gasteiger partial charge >= 0.3 is 0 Å². The molecule has 3 aromatic rings. The van der Waals surface area contributed by atoms with Gasteiger partial charge in [0.2, 0.25) is 5.91 Å². The lowest BCUT2D eigenvalue weighted by Gasteiger charge is -2.27. The van der Waals surface area contributed by atoms with Gasteiger partial charge in [-0.3, -0.25) is 19.6 Å². The molecule has 0 bridgehead atoms. The van der Waals surface area contributed by atoms with Crippen LogP contribution >= 0.6 is 0 Å². The van der Waals surface area contributed by atoms with Crippen LogP contribution in [-0.2, 0) is 22.6 Å². The van der Waals surface area contributed by atoms with Crippen molar-refractivity contribution >= 4 is 28.5 Å². The van der Waals surface area contributed by atoms with Gasteiger partial charge in [0.25, 0.3) is 5.95 Å². The summed E-state index contributed by atoms with van der Waals surface area (Å²) in [5, 5.41) is 19.1. The quantitative estimate of drug-likeness (QED) is 0.763. The van der Waals surface area contributed by atoms with Gasteiger partial charge in [-0.2, -0.15) is 5.10 Å². The zero-order chi connectivity index (χ0) is 17.6. The Morgan fingerprint density at radius 3 is 2.96 bits per heavy atom. The third-order valence-electron chi connectivity index (χ3n) is 4.31. The molecule has 2 aromatic heterocycles. The number of nitrogens with zero attached hydrogens (tertiary/aromatic N) is 6. The molecule has 1 aliphatic heterocycles. The summed E-state index contributed by atoms with van der Waals surface area (Å²) in [6.45, 7) is 3.42. The minimum Gasteiger partial charge on any atom is -0.294 e. The van der Waals surface area contributed by atoms with Crippen molar-refractivity contribution < 1.29 is 9.59 Å². The Morgan fingerprint density at radius 1 is 1.32 bits per heavy atom. The van der Waals surface area contributed by atoms with Gasteiger partial charge in [-0.15, -0.1) is 0 Å². The van der Waals surface area contributed by atoms with Crippen molar-refractivity contribution in [3.63, 3.8) is 0 Å². The number of hydrogen-bond donors (Lipinski definition) is 1. The Bertz CT molecular complexity index is 1030. The van der Waals surface area contributed by atoms with E-state index in [4.69, 9.17) is 0 Å². The average molecular weight is 337 g/mol. The zero-order valence-corrected chi connectivity index (χ0v) is 13.7. The first kappa shape index (κ1) is 15.2. The number of allylic oxidation sites excluding steroid dienone is 2. The highest BCUT2D eigenvalue weighted by Gasteiger charge is 2.31. The Morgan fingerprint density at radius 2 is 2.16 bits per heavy atom. The second kappa shape index (κ2) is 5.62. The van der Waals surface area contributed by atoms with E-state index in [1.807, 2.05) is 18.2 Å². The van der Waals surface area contributed by atoms with Gasteiger partial charge in [0.05, 0.1) is 18.3 Å². The first-order valence-electron chi connectivity index (χ1n) is 7.76. The number of Topliss-reactive ketones (excluding diaryl/α,β-unsaturated/α-hetero) is 1. The molecule has 0 saturated heterocycles. The fourth-order valence-electron chi connectivity index (χ4n) is 3.07. The maximum atomic E-state index is 12.9. The van der Waals surface area contributed by atoms with Crippen LogP contribution in [0.25, 0.3) is 10.9 Å². The van der Waals surface area contributed by atoms with Crippen LogP contribution in [0.2, 0.25) is 0 Å². The molecule has 1 amide bonds. The van der Waals surface area contributed by atoms with Crippen LogP contribution in [0, 0.1) is 0 Å². The third kappa shape index (κ3) is 2.49. The monoisotopic (exact) mass is 337 g/mol. The van der Waals surface area contributed by atoms with Crippen LogP contribution < -0.4 is 4.90 Å². The van der Waals surface area contributed by atoms with Crippen molar-refractivity contribution in [1.29, 1.82) is 0 Å². The number of tetrazole rings is 1. The number of fused-ring (bicyclic) bond motifs is 2. The topological polar surface area (TPSA) is 110 Å². The standard InChI is InChI=1S/C16H15N7O2/c1-9-13(8-22-16(19-20-21-22)23(9)10(2)24)15(25)6-11-3-4-14-12(5-11)7-17-18-14/h3-5,7H,6,8H2,1-2H3,(H,17,18). The second-order valence-corrected chi connectivity index (χ2v) is 5.95. The van der Waals surface area contributed by atoms with Crippen molar-refractivity contribution in [3.05, 3.63) is 41.2 Å². The normalized spacial score (nSPS) is 14.1. The van der Waals surface area contributed by atoms with Crippen molar-refractivity contribution in [2.45, 2.75) is 26.8 Å². The number of anilines is 1. The number of ketones is 1. The largest absolute Gasteiger partial charge is 0.294 e. The summed E-state index contributed by atoms with van der Waals surface area (Å²) in [7, 11) is 0. The number of rotatable bonds is 3. The van der Waals surface area contributed by atoms with Crippen molar-refractivity contribution in [3.8, 4) is 0 Å². The molecule has 0 aliphatic carbocycles. The molecule has 1 aromatic carbocycles. The summed E-state index contributed by atoms with van der Waals surface area (Å²) in [6, 6.07) is 5.72. The Balaban J connectivity index is 1.66. The molecule has 4 rings (SSSR count). The van der Waals surface area contributed by atoms with E-state index >= 15 is 0 Å². The highest BCUT2D eigenvalue weighted by Crippen LogP contribution is 2.26. The first-order chi connectivity index (χ1) is 12.0. The first-order valence-corrected chi connectivity index (χ1v) is 7.76. The highest BCUT2D eigenvalue weighted by molar-refractivity contribution is 6.02. The maximum absolute atomic E-state index is 12.9. The van der Waals surface area contributed by atoms with Crippen LogP contribution in [0.5, 0.6) is 0 Å². The number of hydrogen-bond acceptors (Lipinski definition) is 6. The van der Waals surface area contributed by atoms with Crippen LogP contribution in [0.4, 0.5) is 5.95 Å². The van der Waals surface area contributed by atoms with E-state index in [-0.39, 0.29) is 24.7 Å². The molecule has 0 radical (unpaired) electrons. The Labute approximate surface area is 142 Å². The van der Waals surface area contributed by atoms with E-state index < -0.39 is 0 Å². The molecule has 0 fully saturated rings. The van der Waals surface area contributed by atoms with E-state index in [0.717, 1.165) is 16.5 Å². The highest BCUT2D eigenvalue weighted by atomic mass is 16.2. The summed E-state index contributed by atoms with van der Waals surface area (Å²) in [5.41, 5.74) is 2.91. The lowest BCUT2D eigenvalue weighted by atomic mass is 9.99. The predicted molar refractivity (Wildman–Crippen MR) is 88.5 cm³/mol. The van der Waals surface area contributed by atoms with Gasteiger partial charge < -0.3 is 0 Å². The lowest BCUT2D eigenvalue weighted by molar-refractivity contribution is -0.116. The number of aromatic amines is 1. The van der Waals surface area contributed by atoms with E-state index in [9.17, 15) is 9.59 Å². The van der Waals surface area contributed by atoms with Crippen molar-refractivity contribution in [2.24, 2.45) is 0 Å². The maximum Gasteiger partial charge on any atom is 0.256 e. The molecule has 0 unspecified atom stereocenters. The smallest absolute Gasteiger partial charge is 0.256 e. The molecule has 0 atom stereocenters. The van der Waals surface area contributed by atoms with Crippen molar-refractivity contribution in [1.82, 2.24) is 30.4 Å². The summed E-state index contributed by atoms with van der Waals surface area (Å²) in [4.78, 5) is 26.2. The molecule has 9 heteroatoms. The van der Waals surface area contributed by atoms with E-state index in [2.05, 4.69) is 25.7 Å². The van der Waals surface area contributed by atoms with Crippen LogP contribution in [0.15, 0.2) is 35.7 Å². The van der Waals surface area contributed by atoms with Crippen LogP contribution in [0.1, 0.15) is 19.4 Å². The third-order valence-corrected chi connectivity index (χ3v) is 4.31. The molecule has 9 nitrogen and oxygen atoms in total. The van der Waals surface area contributed by atoms with Gasteiger partial charge in [-0.1, -0.05) is 11.2 Å². The molecule has 126 valence electrons. The lowest BCUT2D eigenvalue weighted by Crippen LogP contribution is -2.36. The second-order valence-electron chi connectivity index (χ2n) is 5.95. The van der Waals surface area contributed by atoms with Gasteiger partial charge in [-0.25, -0.2) is 4.68 Å². The summed E-state index contributed by atoms with van der Waals surface area (Å²) < 4.78 is 1.46. The zero-order valence-electron chi connectivity index (χ0n) is 13.7. The fraction of sp³-hybridized carbons (Fsp3) is 0.250. The molecular weight excluding hydrogens is 322 g/mol. The molecular formula is C16H15N7O2. The van der Waals surface area contributed by atoms with E-state index in [1.54, 1.807) is 13.1 Å². The van der Waals surface area contributed by atoms with Gasteiger partial charge in [0.15, 0.2) is 5.78 Å². The number of H-pyrrole nitrogens is 1. The van der Waals surface area contributed by atoms with E-state index in [0.29, 0.717) is 17.2 Å². The number of carbonyl (C=O) groups is 2. The SMILES string of the molecule is CC(=O)N1C(C)=C(C(=O)Cc2ccc3[nH]ncc3c2)Cn2nnnc21. The molecule has 3 heterocycles. The summed E-state index contributed by atoms with van der Waals surface area (Å²) in [5.74, 6) is 0.0347. The van der Waals surface area contributed by atoms with Gasteiger partial charge in [0, 0.05) is 30.0 Å². The van der Waals surface area contributed by atoms with Crippen LogP contribution in [-0.4, -0.2) is 42.1 Å². The molecule has 1 aliphatic rings. The minimum atomic E-state index is -0.238. The number of aromatic nitrogens is 6. The average Bonchev–Trinajstić information content (AvgIpc) is 3.21. The van der Waals surface area contributed by atoms with Gasteiger partial charge in [0.1, 0.15) is 0 Å². The van der Waals surface area contributed by atoms with Crippen LogP contribution in [0.3, 0.4) is 0 Å². The summed E-state index contributed by atoms with van der Waals surface area (Å²) in [6.07, 6.45) is 1.95. The molecule has 0 spiro atoms. The number of carbonyl (C=O) groups excluding carboxylic acids is 2. The Kier molecular flexibility index (Phi) is 3.41. The molecule has 25 heavy (non-hydrogen) atoms. The summed E-state index contributed by atoms with van der Waals surface area (Å²) >= 11 is 0. The molecule has 0 saturated carbocycles. The number of nitrogens with one attached hydrogen (secondary N) is 1. The number of amides is 1. The van der Waals surface area contributed by atoms with Crippen molar-refractivity contribution in [2.75, 3.05) is 4.90 Å². The Hall–Kier alpha value is -3.36. The molecule has 1 N–H and O–H groups in total.